The molecule has 3 nitrogen and oxygen atoms in total. The predicted octanol–water partition coefficient (Wildman–Crippen LogP) is 3.87. The Kier molecular flexibility index (Phi) is 3.94. The number of hydrogen-bond acceptors (Lipinski definition) is 3. The SMILES string of the molecule is CC(C)(C)CC(C)(C)Nc1cc(Br)ncn1. The fourth-order valence-electron chi connectivity index (χ4n) is 2.12. The van der Waals surface area contributed by atoms with Crippen LogP contribution < -0.4 is 5.32 Å². The van der Waals surface area contributed by atoms with E-state index in [1.807, 2.05) is 6.07 Å². The first-order valence-electron chi connectivity index (χ1n) is 5.44. The molecule has 0 amide bonds. The number of nitrogens with one attached hydrogen (secondary N) is 1. The summed E-state index contributed by atoms with van der Waals surface area (Å²) >= 11 is 3.34. The van der Waals surface area contributed by atoms with Crippen molar-refractivity contribution in [3.8, 4) is 0 Å². The van der Waals surface area contributed by atoms with E-state index in [9.17, 15) is 0 Å². The highest BCUT2D eigenvalue weighted by molar-refractivity contribution is 9.10. The Bertz CT molecular complexity index is 356. The zero-order valence-electron chi connectivity index (χ0n) is 10.6. The lowest BCUT2D eigenvalue weighted by molar-refractivity contribution is 0.302. The average molecular weight is 286 g/mol. The molecule has 1 N–H and O–H groups in total. The van der Waals surface area contributed by atoms with Crippen LogP contribution in [0.15, 0.2) is 17.0 Å². The van der Waals surface area contributed by atoms with Gasteiger partial charge in [-0.2, -0.15) is 0 Å². The van der Waals surface area contributed by atoms with E-state index >= 15 is 0 Å². The Morgan fingerprint density at radius 2 is 1.81 bits per heavy atom. The highest BCUT2D eigenvalue weighted by Crippen LogP contribution is 2.29. The van der Waals surface area contributed by atoms with E-state index in [1.165, 1.54) is 0 Å². The fourth-order valence-corrected chi connectivity index (χ4v) is 2.43. The minimum absolute atomic E-state index is 0.0199. The van der Waals surface area contributed by atoms with Gasteiger partial charge in [0.15, 0.2) is 0 Å². The summed E-state index contributed by atoms with van der Waals surface area (Å²) in [7, 11) is 0. The van der Waals surface area contributed by atoms with Crippen molar-refractivity contribution in [2.45, 2.75) is 46.6 Å². The molecular formula is C12H20BrN3. The van der Waals surface area contributed by atoms with Gasteiger partial charge < -0.3 is 5.32 Å². The van der Waals surface area contributed by atoms with Gasteiger partial charge in [0.1, 0.15) is 16.7 Å². The first-order chi connectivity index (χ1) is 7.18. The van der Waals surface area contributed by atoms with Crippen molar-refractivity contribution >= 4 is 21.7 Å². The summed E-state index contributed by atoms with van der Waals surface area (Å²) in [5.41, 5.74) is 0.312. The Balaban J connectivity index is 2.72. The van der Waals surface area contributed by atoms with Gasteiger partial charge in [-0.15, -0.1) is 0 Å². The molecule has 1 heterocycles. The Hall–Kier alpha value is -0.640. The van der Waals surface area contributed by atoms with Gasteiger partial charge in [0.25, 0.3) is 0 Å². The molecule has 0 spiro atoms. The van der Waals surface area contributed by atoms with Gasteiger partial charge in [-0.25, -0.2) is 9.97 Å². The van der Waals surface area contributed by atoms with Crippen LogP contribution in [0.25, 0.3) is 0 Å². The van der Waals surface area contributed by atoms with Gasteiger partial charge in [-0.1, -0.05) is 20.8 Å². The quantitative estimate of drug-likeness (QED) is 0.857. The standard InChI is InChI=1S/C12H20BrN3/c1-11(2,3)7-12(4,5)16-10-6-9(13)14-8-15-10/h6,8H,7H2,1-5H3,(H,14,15,16). The molecule has 16 heavy (non-hydrogen) atoms. The Labute approximate surface area is 106 Å². The molecule has 0 aliphatic heterocycles. The van der Waals surface area contributed by atoms with Crippen LogP contribution in [0.4, 0.5) is 5.82 Å². The second-order valence-electron chi connectivity index (χ2n) is 5.97. The van der Waals surface area contributed by atoms with Crippen LogP contribution in [0.3, 0.4) is 0 Å². The summed E-state index contributed by atoms with van der Waals surface area (Å²) in [6.45, 7) is 11.1. The normalized spacial score (nSPS) is 12.6. The first kappa shape index (κ1) is 13.4. The van der Waals surface area contributed by atoms with Crippen molar-refractivity contribution < 1.29 is 0 Å². The summed E-state index contributed by atoms with van der Waals surface area (Å²) in [6, 6.07) is 1.89. The molecule has 0 radical (unpaired) electrons. The molecule has 0 saturated heterocycles. The largest absolute Gasteiger partial charge is 0.365 e. The zero-order valence-corrected chi connectivity index (χ0v) is 12.2. The molecule has 1 aromatic heterocycles. The van der Waals surface area contributed by atoms with Crippen LogP contribution in [-0.2, 0) is 0 Å². The number of anilines is 1. The highest BCUT2D eigenvalue weighted by atomic mass is 79.9. The summed E-state index contributed by atoms with van der Waals surface area (Å²) in [5, 5.41) is 3.43. The first-order valence-corrected chi connectivity index (χ1v) is 6.23. The molecule has 1 rings (SSSR count). The predicted molar refractivity (Wildman–Crippen MR) is 71.5 cm³/mol. The average Bonchev–Trinajstić information content (AvgIpc) is 1.96. The second kappa shape index (κ2) is 4.70. The molecule has 1 aromatic rings. The van der Waals surface area contributed by atoms with Gasteiger partial charge in [-0.3, -0.25) is 0 Å². The smallest absolute Gasteiger partial charge is 0.130 e. The molecule has 0 unspecified atom stereocenters. The molecule has 0 bridgehead atoms. The van der Waals surface area contributed by atoms with Crippen LogP contribution in [0.1, 0.15) is 41.0 Å². The lowest BCUT2D eigenvalue weighted by Gasteiger charge is -2.33. The van der Waals surface area contributed by atoms with Gasteiger partial charge in [0.2, 0.25) is 0 Å². The molecule has 0 atom stereocenters. The van der Waals surface area contributed by atoms with Crippen molar-refractivity contribution in [1.82, 2.24) is 9.97 Å². The molecule has 0 saturated carbocycles. The molecule has 90 valence electrons. The van der Waals surface area contributed by atoms with E-state index in [2.05, 4.69) is 65.8 Å². The Morgan fingerprint density at radius 1 is 1.19 bits per heavy atom. The van der Waals surface area contributed by atoms with Crippen LogP contribution in [-0.4, -0.2) is 15.5 Å². The number of aromatic nitrogens is 2. The maximum Gasteiger partial charge on any atom is 0.130 e. The van der Waals surface area contributed by atoms with Gasteiger partial charge in [-0.05, 0) is 41.6 Å². The molecule has 0 aromatic carbocycles. The minimum atomic E-state index is 0.0199. The number of hydrogen-bond donors (Lipinski definition) is 1. The van der Waals surface area contributed by atoms with E-state index in [0.29, 0.717) is 5.41 Å². The van der Waals surface area contributed by atoms with E-state index in [-0.39, 0.29) is 5.54 Å². The van der Waals surface area contributed by atoms with Crippen LogP contribution in [0, 0.1) is 5.41 Å². The molecule has 0 aliphatic rings. The van der Waals surface area contributed by atoms with E-state index in [1.54, 1.807) is 6.33 Å². The topological polar surface area (TPSA) is 37.8 Å². The minimum Gasteiger partial charge on any atom is -0.365 e. The number of nitrogens with zero attached hydrogens (tertiary/aromatic N) is 2. The molecular weight excluding hydrogens is 266 g/mol. The van der Waals surface area contributed by atoms with Crippen molar-refractivity contribution in [2.75, 3.05) is 5.32 Å². The maximum absolute atomic E-state index is 4.20. The third-order valence-corrected chi connectivity index (χ3v) is 2.51. The second-order valence-corrected chi connectivity index (χ2v) is 6.78. The summed E-state index contributed by atoms with van der Waals surface area (Å²) in [5.74, 6) is 0.858. The molecule has 0 aliphatic carbocycles. The van der Waals surface area contributed by atoms with Crippen LogP contribution >= 0.6 is 15.9 Å². The third-order valence-electron chi connectivity index (χ3n) is 2.07. The fraction of sp³-hybridized carbons (Fsp3) is 0.667. The van der Waals surface area contributed by atoms with E-state index in [4.69, 9.17) is 0 Å². The van der Waals surface area contributed by atoms with E-state index < -0.39 is 0 Å². The molecule has 0 fully saturated rings. The third kappa shape index (κ3) is 4.92. The zero-order chi connectivity index (χ0) is 12.4. The van der Waals surface area contributed by atoms with Gasteiger partial charge in [0, 0.05) is 11.6 Å². The number of rotatable bonds is 3. The lowest BCUT2D eigenvalue weighted by atomic mass is 9.82. The highest BCUT2D eigenvalue weighted by Gasteiger charge is 2.25. The van der Waals surface area contributed by atoms with Crippen molar-refractivity contribution in [3.63, 3.8) is 0 Å². The van der Waals surface area contributed by atoms with Gasteiger partial charge in [0.05, 0.1) is 0 Å². The lowest BCUT2D eigenvalue weighted by Crippen LogP contribution is -2.35. The van der Waals surface area contributed by atoms with Gasteiger partial charge >= 0.3 is 0 Å². The summed E-state index contributed by atoms with van der Waals surface area (Å²) in [6.07, 6.45) is 2.63. The van der Waals surface area contributed by atoms with Crippen molar-refractivity contribution in [1.29, 1.82) is 0 Å². The van der Waals surface area contributed by atoms with Crippen LogP contribution in [0.2, 0.25) is 0 Å². The molecule has 4 heteroatoms. The van der Waals surface area contributed by atoms with Crippen molar-refractivity contribution in [3.05, 3.63) is 17.0 Å². The number of halogens is 1. The summed E-state index contributed by atoms with van der Waals surface area (Å²) in [4.78, 5) is 8.21. The Morgan fingerprint density at radius 3 is 2.31 bits per heavy atom. The van der Waals surface area contributed by atoms with Crippen LogP contribution in [0.5, 0.6) is 0 Å². The summed E-state index contributed by atoms with van der Waals surface area (Å²) < 4.78 is 0.802. The van der Waals surface area contributed by atoms with Crippen molar-refractivity contribution in [2.24, 2.45) is 5.41 Å². The monoisotopic (exact) mass is 285 g/mol. The maximum atomic E-state index is 4.20. The van der Waals surface area contributed by atoms with E-state index in [0.717, 1.165) is 16.8 Å².